The molecule has 0 saturated carbocycles. The molecule has 4 aromatic heterocycles. The molecule has 0 unspecified atom stereocenters. The van der Waals surface area contributed by atoms with E-state index < -0.39 is 0 Å². The van der Waals surface area contributed by atoms with Crippen molar-refractivity contribution in [3.05, 3.63) is 164 Å². The van der Waals surface area contributed by atoms with Crippen LogP contribution in [0.3, 0.4) is 0 Å². The SMILES string of the molecule is c1ccc(-c2nc(-c3ccc4c5ccccc5n(-c5ccccc5)c4c3)nc(-n3c4ccccc4c4c5sc6ccccc6c5ccc43)n2)cc1. The van der Waals surface area contributed by atoms with Crippen LogP contribution in [-0.4, -0.2) is 24.1 Å². The summed E-state index contributed by atoms with van der Waals surface area (Å²) in [5, 5.41) is 7.36. The highest BCUT2D eigenvalue weighted by molar-refractivity contribution is 7.26. The molecule has 0 spiro atoms. The van der Waals surface area contributed by atoms with Crippen LogP contribution in [-0.2, 0) is 0 Å². The smallest absolute Gasteiger partial charge is 0.238 e. The number of aromatic nitrogens is 5. The number of fused-ring (bicyclic) bond motifs is 10. The van der Waals surface area contributed by atoms with Crippen LogP contribution < -0.4 is 0 Å². The van der Waals surface area contributed by atoms with Gasteiger partial charge in [0.2, 0.25) is 5.95 Å². The Labute approximate surface area is 296 Å². The fourth-order valence-corrected chi connectivity index (χ4v) is 8.98. The highest BCUT2D eigenvalue weighted by atomic mass is 32.1. The second-order valence-corrected chi connectivity index (χ2v) is 13.9. The van der Waals surface area contributed by atoms with E-state index >= 15 is 0 Å². The largest absolute Gasteiger partial charge is 0.309 e. The number of thiophene rings is 1. The molecule has 0 aliphatic carbocycles. The van der Waals surface area contributed by atoms with Gasteiger partial charge in [-0.15, -0.1) is 11.3 Å². The summed E-state index contributed by atoms with van der Waals surface area (Å²) in [6, 6.07) is 57.7. The minimum atomic E-state index is 0.592. The van der Waals surface area contributed by atoms with Crippen molar-refractivity contribution in [2.75, 3.05) is 0 Å². The Morgan fingerprint density at radius 1 is 0.392 bits per heavy atom. The lowest BCUT2D eigenvalue weighted by atomic mass is 10.1. The first kappa shape index (κ1) is 28.2. The minimum Gasteiger partial charge on any atom is -0.309 e. The van der Waals surface area contributed by atoms with Crippen LogP contribution in [0.2, 0.25) is 0 Å². The molecule has 7 aromatic carbocycles. The lowest BCUT2D eigenvalue weighted by Crippen LogP contribution is -2.06. The maximum Gasteiger partial charge on any atom is 0.238 e. The van der Waals surface area contributed by atoms with E-state index in [0.717, 1.165) is 38.9 Å². The molecule has 4 heterocycles. The van der Waals surface area contributed by atoms with Crippen molar-refractivity contribution in [2.24, 2.45) is 0 Å². The number of benzene rings is 7. The molecule has 0 fully saturated rings. The molecule has 0 saturated heterocycles. The van der Waals surface area contributed by atoms with Crippen molar-refractivity contribution in [3.63, 3.8) is 0 Å². The lowest BCUT2D eigenvalue weighted by molar-refractivity contribution is 0.954. The molecule has 0 N–H and O–H groups in total. The van der Waals surface area contributed by atoms with E-state index in [1.165, 1.54) is 41.7 Å². The van der Waals surface area contributed by atoms with Crippen LogP contribution in [0.1, 0.15) is 0 Å². The molecule has 0 amide bonds. The number of para-hydroxylation sites is 3. The van der Waals surface area contributed by atoms with E-state index in [1.54, 1.807) is 0 Å². The Morgan fingerprint density at radius 3 is 1.80 bits per heavy atom. The second kappa shape index (κ2) is 10.9. The van der Waals surface area contributed by atoms with E-state index in [1.807, 2.05) is 29.5 Å². The highest BCUT2D eigenvalue weighted by Crippen LogP contribution is 2.43. The fourth-order valence-electron chi connectivity index (χ4n) is 7.73. The minimum absolute atomic E-state index is 0.592. The molecule has 11 aromatic rings. The van der Waals surface area contributed by atoms with Gasteiger partial charge in [0.1, 0.15) is 0 Å². The highest BCUT2D eigenvalue weighted by Gasteiger charge is 2.21. The van der Waals surface area contributed by atoms with Gasteiger partial charge in [0.15, 0.2) is 11.6 Å². The molecule has 0 bridgehead atoms. The Hall–Kier alpha value is -6.63. The first-order chi connectivity index (χ1) is 25.3. The van der Waals surface area contributed by atoms with Crippen molar-refractivity contribution in [2.45, 2.75) is 0 Å². The van der Waals surface area contributed by atoms with Crippen LogP contribution in [0, 0.1) is 0 Å². The zero-order valence-corrected chi connectivity index (χ0v) is 28.0. The number of nitrogens with zero attached hydrogens (tertiary/aromatic N) is 5. The van der Waals surface area contributed by atoms with Gasteiger partial charge in [0.25, 0.3) is 0 Å². The van der Waals surface area contributed by atoms with Gasteiger partial charge in [0, 0.05) is 58.5 Å². The summed E-state index contributed by atoms with van der Waals surface area (Å²) < 4.78 is 7.11. The predicted molar refractivity (Wildman–Crippen MR) is 212 cm³/mol. The van der Waals surface area contributed by atoms with Gasteiger partial charge < -0.3 is 4.57 Å². The summed E-state index contributed by atoms with van der Waals surface area (Å²) in [6.07, 6.45) is 0. The Balaban J connectivity index is 1.20. The van der Waals surface area contributed by atoms with Crippen LogP contribution >= 0.6 is 11.3 Å². The van der Waals surface area contributed by atoms with Crippen LogP contribution in [0.5, 0.6) is 0 Å². The number of hydrogen-bond acceptors (Lipinski definition) is 4. The van der Waals surface area contributed by atoms with Gasteiger partial charge in [-0.25, -0.2) is 4.98 Å². The molecular weight excluding hydrogens is 643 g/mol. The van der Waals surface area contributed by atoms with E-state index in [4.69, 9.17) is 15.0 Å². The standard InChI is InChI=1S/C45H27N5S/c1-3-13-28(14-4-1)43-46-44(29-23-24-32-31-17-7-10-20-36(31)49(39(32)27-29)30-15-5-2-6-16-30)48-45(47-43)50-37-21-11-8-19-35(37)41-38(50)26-25-34-33-18-9-12-22-40(33)51-42(34)41/h1-27H. The van der Waals surface area contributed by atoms with Gasteiger partial charge >= 0.3 is 0 Å². The summed E-state index contributed by atoms with van der Waals surface area (Å²) in [7, 11) is 0. The molecule has 0 atom stereocenters. The van der Waals surface area contributed by atoms with Gasteiger partial charge in [0.05, 0.1) is 22.1 Å². The van der Waals surface area contributed by atoms with Crippen molar-refractivity contribution >= 4 is 75.1 Å². The third-order valence-electron chi connectivity index (χ3n) is 9.98. The van der Waals surface area contributed by atoms with Gasteiger partial charge in [-0.05, 0) is 42.5 Å². The average Bonchev–Trinajstić information content (AvgIpc) is 3.86. The van der Waals surface area contributed by atoms with Crippen LogP contribution in [0.25, 0.3) is 98.2 Å². The Kier molecular flexibility index (Phi) is 6.05. The Morgan fingerprint density at radius 2 is 1.00 bits per heavy atom. The summed E-state index contributed by atoms with van der Waals surface area (Å²) in [4.78, 5) is 15.6. The number of hydrogen-bond donors (Lipinski definition) is 0. The molecule has 0 radical (unpaired) electrons. The van der Waals surface area contributed by atoms with Crippen molar-refractivity contribution in [1.82, 2.24) is 24.1 Å². The first-order valence-corrected chi connectivity index (χ1v) is 17.9. The van der Waals surface area contributed by atoms with Gasteiger partial charge in [-0.2, -0.15) is 9.97 Å². The second-order valence-electron chi connectivity index (χ2n) is 12.9. The first-order valence-electron chi connectivity index (χ1n) is 17.0. The molecule has 11 rings (SSSR count). The van der Waals surface area contributed by atoms with Gasteiger partial charge in [-0.1, -0.05) is 121 Å². The van der Waals surface area contributed by atoms with E-state index in [0.29, 0.717) is 17.6 Å². The van der Waals surface area contributed by atoms with E-state index in [2.05, 4.69) is 155 Å². The normalized spacial score (nSPS) is 11.9. The third-order valence-corrected chi connectivity index (χ3v) is 11.2. The Bertz CT molecular complexity index is 3140. The van der Waals surface area contributed by atoms with Crippen molar-refractivity contribution in [1.29, 1.82) is 0 Å². The molecule has 5 nitrogen and oxygen atoms in total. The van der Waals surface area contributed by atoms with E-state index in [9.17, 15) is 0 Å². The van der Waals surface area contributed by atoms with Crippen molar-refractivity contribution in [3.8, 4) is 34.4 Å². The van der Waals surface area contributed by atoms with Crippen LogP contribution in [0.15, 0.2) is 164 Å². The summed E-state index contributed by atoms with van der Waals surface area (Å²) in [5.41, 5.74) is 7.38. The zero-order valence-electron chi connectivity index (χ0n) is 27.2. The quantitative estimate of drug-likeness (QED) is 0.187. The maximum absolute atomic E-state index is 5.29. The zero-order chi connectivity index (χ0) is 33.5. The topological polar surface area (TPSA) is 48.5 Å². The van der Waals surface area contributed by atoms with Gasteiger partial charge in [-0.3, -0.25) is 4.57 Å². The monoisotopic (exact) mass is 669 g/mol. The fraction of sp³-hybridized carbons (Fsp3) is 0. The maximum atomic E-state index is 5.29. The summed E-state index contributed by atoms with van der Waals surface area (Å²) in [6.45, 7) is 0. The molecule has 0 aliphatic rings. The molecule has 6 heteroatoms. The van der Waals surface area contributed by atoms with Crippen molar-refractivity contribution < 1.29 is 0 Å². The molecule has 0 aliphatic heterocycles. The van der Waals surface area contributed by atoms with E-state index in [-0.39, 0.29) is 0 Å². The van der Waals surface area contributed by atoms with Crippen LogP contribution in [0.4, 0.5) is 0 Å². The summed E-state index contributed by atoms with van der Waals surface area (Å²) in [5.74, 6) is 1.85. The molecule has 238 valence electrons. The third kappa shape index (κ3) is 4.24. The predicted octanol–water partition coefficient (Wildman–Crippen LogP) is 11.8. The number of rotatable bonds is 4. The molecule has 51 heavy (non-hydrogen) atoms. The summed E-state index contributed by atoms with van der Waals surface area (Å²) >= 11 is 1.85. The molecular formula is C45H27N5S. The average molecular weight is 670 g/mol. The lowest BCUT2D eigenvalue weighted by Gasteiger charge is -2.12.